The van der Waals surface area contributed by atoms with Crippen molar-refractivity contribution in [1.29, 1.82) is 0 Å². The second-order valence-corrected chi connectivity index (χ2v) is 10.1. The molecular formula is C21H20GeP. The van der Waals surface area contributed by atoms with Crippen LogP contribution in [-0.2, 0) is 6.42 Å². The molecule has 1 radical (unpaired) electrons. The van der Waals surface area contributed by atoms with Crippen LogP contribution in [0.2, 0.25) is 0 Å². The van der Waals surface area contributed by atoms with Crippen LogP contribution in [0.1, 0.15) is 23.2 Å². The summed E-state index contributed by atoms with van der Waals surface area (Å²) in [5, 5.41) is 3.02. The first-order valence-electron chi connectivity index (χ1n) is 8.17. The molecule has 3 aromatic carbocycles. The second kappa shape index (κ2) is 6.63. The molecule has 3 aromatic rings. The van der Waals surface area contributed by atoms with Crippen molar-refractivity contribution in [3.8, 4) is 0 Å². The molecule has 0 saturated heterocycles. The molecule has 0 aliphatic heterocycles. The zero-order valence-corrected chi connectivity index (χ0v) is 17.0. The Labute approximate surface area is 147 Å². The third-order valence-electron chi connectivity index (χ3n) is 4.69. The van der Waals surface area contributed by atoms with Gasteiger partial charge in [-0.2, -0.15) is 0 Å². The van der Waals surface area contributed by atoms with Crippen molar-refractivity contribution in [2.45, 2.75) is 18.5 Å². The number of benzene rings is 3. The van der Waals surface area contributed by atoms with Crippen LogP contribution in [0.3, 0.4) is 0 Å². The van der Waals surface area contributed by atoms with E-state index in [4.69, 9.17) is 0 Å². The van der Waals surface area contributed by atoms with E-state index >= 15 is 0 Å². The molecule has 0 amide bonds. The predicted molar refractivity (Wildman–Crippen MR) is 105 cm³/mol. The fourth-order valence-electron chi connectivity index (χ4n) is 3.69. The molecule has 0 bridgehead atoms. The number of hydrogen-bond acceptors (Lipinski definition) is 0. The summed E-state index contributed by atoms with van der Waals surface area (Å²) >= 11 is 1.26. The van der Waals surface area contributed by atoms with Gasteiger partial charge in [-0.3, -0.25) is 0 Å². The van der Waals surface area contributed by atoms with E-state index in [1.54, 1.807) is 15.5 Å². The summed E-state index contributed by atoms with van der Waals surface area (Å²) in [5.74, 6) is 0. The van der Waals surface area contributed by atoms with Crippen molar-refractivity contribution < 1.29 is 0 Å². The van der Waals surface area contributed by atoms with Gasteiger partial charge in [0.15, 0.2) is 0 Å². The molecule has 1 aliphatic carbocycles. The van der Waals surface area contributed by atoms with Crippen molar-refractivity contribution in [3.05, 3.63) is 90.0 Å². The summed E-state index contributed by atoms with van der Waals surface area (Å²) in [6, 6.07) is 29.2. The number of aryl methyl sites for hydroxylation is 1. The summed E-state index contributed by atoms with van der Waals surface area (Å²) in [6.07, 6.45) is 2.54. The molecule has 113 valence electrons. The van der Waals surface area contributed by atoms with E-state index < -0.39 is 0 Å². The van der Waals surface area contributed by atoms with Gasteiger partial charge in [0, 0.05) is 0 Å². The zero-order valence-electron chi connectivity index (χ0n) is 13.2. The van der Waals surface area contributed by atoms with Crippen molar-refractivity contribution in [2.75, 3.05) is 0 Å². The maximum absolute atomic E-state index is 2.35. The van der Waals surface area contributed by atoms with Gasteiger partial charge in [-0.25, -0.2) is 0 Å². The average Bonchev–Trinajstić information content (AvgIpc) is 3.02. The molecule has 23 heavy (non-hydrogen) atoms. The summed E-state index contributed by atoms with van der Waals surface area (Å²) in [7, 11) is -0.335. The fraction of sp³-hybridized carbons (Fsp3) is 0.143. The van der Waals surface area contributed by atoms with E-state index in [1.165, 1.54) is 40.0 Å². The van der Waals surface area contributed by atoms with Crippen LogP contribution in [0.5, 0.6) is 0 Å². The molecule has 0 nitrogen and oxygen atoms in total. The van der Waals surface area contributed by atoms with Gasteiger partial charge < -0.3 is 0 Å². The maximum atomic E-state index is 2.35. The first kappa shape index (κ1) is 15.2. The molecule has 1 unspecified atom stereocenters. The zero-order chi connectivity index (χ0) is 15.6. The molecule has 2 heteroatoms. The van der Waals surface area contributed by atoms with Crippen LogP contribution in [0.25, 0.3) is 0 Å². The molecule has 1 atom stereocenters. The Bertz CT molecular complexity index is 759. The second-order valence-electron chi connectivity index (χ2n) is 6.09. The summed E-state index contributed by atoms with van der Waals surface area (Å²) in [5.41, 5.74) is 3.94. The van der Waals surface area contributed by atoms with Crippen LogP contribution >= 0.6 is 7.92 Å². The van der Waals surface area contributed by atoms with Crippen LogP contribution in [0, 0.1) is 0 Å². The van der Waals surface area contributed by atoms with Crippen LogP contribution in [0.4, 0.5) is 0 Å². The molecule has 0 spiro atoms. The Morgan fingerprint density at radius 1 is 0.739 bits per heavy atom. The topological polar surface area (TPSA) is 0 Å². The van der Waals surface area contributed by atoms with Gasteiger partial charge in [0.25, 0.3) is 0 Å². The van der Waals surface area contributed by atoms with Crippen LogP contribution in [0.15, 0.2) is 78.9 Å². The first-order chi connectivity index (χ1) is 11.3. The van der Waals surface area contributed by atoms with Crippen LogP contribution < -0.4 is 15.0 Å². The van der Waals surface area contributed by atoms with Crippen molar-refractivity contribution >= 4 is 39.4 Å². The summed E-state index contributed by atoms with van der Waals surface area (Å²) in [6.45, 7) is 0. The number of hydrogen-bond donors (Lipinski definition) is 0. The van der Waals surface area contributed by atoms with Gasteiger partial charge >= 0.3 is 148 Å². The van der Waals surface area contributed by atoms with Gasteiger partial charge in [-0.1, -0.05) is 0 Å². The molecule has 1 aliphatic rings. The van der Waals surface area contributed by atoms with Crippen LogP contribution in [-0.4, -0.2) is 16.5 Å². The SMILES string of the molecule is [GeH2][c]1cccc2c1C(P(c1ccccc1)c1ccccc1)CC2. The minimum atomic E-state index is -0.335. The monoisotopic (exact) mass is 377 g/mol. The molecule has 0 saturated carbocycles. The van der Waals surface area contributed by atoms with Gasteiger partial charge in [0.2, 0.25) is 0 Å². The third-order valence-corrected chi connectivity index (χ3v) is 8.83. The van der Waals surface area contributed by atoms with Gasteiger partial charge in [0.1, 0.15) is 0 Å². The van der Waals surface area contributed by atoms with Crippen molar-refractivity contribution in [2.24, 2.45) is 0 Å². The Morgan fingerprint density at radius 2 is 1.35 bits per heavy atom. The van der Waals surface area contributed by atoms with Crippen molar-refractivity contribution in [3.63, 3.8) is 0 Å². The molecular weight excluding hydrogens is 356 g/mol. The normalized spacial score (nSPS) is 16.5. The van der Waals surface area contributed by atoms with Gasteiger partial charge in [-0.15, -0.1) is 0 Å². The fourth-order valence-corrected chi connectivity index (χ4v) is 8.31. The predicted octanol–water partition coefficient (Wildman–Crippen LogP) is 3.07. The third kappa shape index (κ3) is 2.91. The Balaban J connectivity index is 1.86. The summed E-state index contributed by atoms with van der Waals surface area (Å²) in [4.78, 5) is 0. The van der Waals surface area contributed by atoms with E-state index in [2.05, 4.69) is 78.9 Å². The molecule has 4 rings (SSSR count). The standard InChI is InChI=1S/C21H20GeP/c22-19-13-7-8-16-14-15-20(21(16)19)23(17-9-3-1-4-10-17)18-11-5-2-6-12-18/h1-13,20H,14-15,22H2. The average molecular weight is 376 g/mol. The minimum absolute atomic E-state index is 0.335. The Kier molecular flexibility index (Phi) is 4.38. The molecule has 0 N–H and O–H groups in total. The number of rotatable bonds is 3. The van der Waals surface area contributed by atoms with Crippen molar-refractivity contribution in [1.82, 2.24) is 0 Å². The van der Waals surface area contributed by atoms with Gasteiger partial charge in [0.05, 0.1) is 0 Å². The Morgan fingerprint density at radius 3 is 1.96 bits per heavy atom. The molecule has 0 fully saturated rings. The quantitative estimate of drug-likeness (QED) is 0.487. The van der Waals surface area contributed by atoms with Gasteiger partial charge in [-0.05, 0) is 0 Å². The van der Waals surface area contributed by atoms with E-state index in [-0.39, 0.29) is 7.92 Å². The first-order valence-corrected chi connectivity index (χ1v) is 11.1. The molecule has 0 aromatic heterocycles. The number of fused-ring (bicyclic) bond motifs is 1. The van der Waals surface area contributed by atoms with E-state index in [9.17, 15) is 0 Å². The van der Waals surface area contributed by atoms with E-state index in [0.29, 0.717) is 5.66 Å². The van der Waals surface area contributed by atoms with E-state index in [1.807, 2.05) is 0 Å². The Hall–Kier alpha value is -1.37. The summed E-state index contributed by atoms with van der Waals surface area (Å²) < 4.78 is 1.59. The molecule has 0 heterocycles. The van der Waals surface area contributed by atoms with E-state index in [0.717, 1.165) is 0 Å².